The van der Waals surface area contributed by atoms with Crippen LogP contribution in [-0.4, -0.2) is 31.1 Å². The highest BCUT2D eigenvalue weighted by Gasteiger charge is 2.21. The topological polar surface area (TPSA) is 15.3 Å². The van der Waals surface area contributed by atoms with Gasteiger partial charge in [-0.05, 0) is 33.0 Å². The van der Waals surface area contributed by atoms with E-state index in [1.54, 1.807) is 19.2 Å². The van der Waals surface area contributed by atoms with Crippen LogP contribution < -0.4 is 5.32 Å². The highest BCUT2D eigenvalue weighted by Crippen LogP contribution is 2.21. The van der Waals surface area contributed by atoms with Crippen molar-refractivity contribution in [2.75, 3.05) is 20.1 Å². The minimum atomic E-state index is -0.788. The summed E-state index contributed by atoms with van der Waals surface area (Å²) in [6.45, 7) is 7.93. The summed E-state index contributed by atoms with van der Waals surface area (Å²) in [6, 6.07) is 4.57. The van der Waals surface area contributed by atoms with Crippen molar-refractivity contribution in [2.24, 2.45) is 0 Å². The first-order valence-corrected chi connectivity index (χ1v) is 6.90. The van der Waals surface area contributed by atoms with Gasteiger partial charge in [0, 0.05) is 24.2 Å². The van der Waals surface area contributed by atoms with Crippen molar-refractivity contribution < 1.29 is 8.78 Å². The van der Waals surface area contributed by atoms with E-state index in [9.17, 15) is 8.78 Å². The maximum absolute atomic E-state index is 13.8. The Morgan fingerprint density at radius 1 is 1.26 bits per heavy atom. The average molecular weight is 270 g/mol. The second kappa shape index (κ2) is 7.56. The SMILES string of the molecule is CCC(C)N(CC)CC(NC)c1cccc(F)c1F. The molecular formula is C15H24F2N2. The molecule has 108 valence electrons. The molecular weight excluding hydrogens is 246 g/mol. The van der Waals surface area contributed by atoms with Crippen LogP contribution in [0.4, 0.5) is 8.78 Å². The molecule has 0 heterocycles. The fourth-order valence-corrected chi connectivity index (χ4v) is 2.25. The summed E-state index contributed by atoms with van der Waals surface area (Å²) >= 11 is 0. The molecule has 0 radical (unpaired) electrons. The van der Waals surface area contributed by atoms with Crippen molar-refractivity contribution in [2.45, 2.75) is 39.3 Å². The van der Waals surface area contributed by atoms with Crippen LogP contribution in [0.2, 0.25) is 0 Å². The van der Waals surface area contributed by atoms with Gasteiger partial charge in [0.05, 0.1) is 0 Å². The average Bonchev–Trinajstić information content (AvgIpc) is 2.43. The number of nitrogens with zero attached hydrogens (tertiary/aromatic N) is 1. The van der Waals surface area contributed by atoms with Gasteiger partial charge in [-0.1, -0.05) is 26.0 Å². The fraction of sp³-hybridized carbons (Fsp3) is 0.600. The molecule has 0 saturated heterocycles. The van der Waals surface area contributed by atoms with Crippen molar-refractivity contribution in [3.63, 3.8) is 0 Å². The third-order valence-corrected chi connectivity index (χ3v) is 3.74. The summed E-state index contributed by atoms with van der Waals surface area (Å²) in [5.41, 5.74) is 0.393. The third kappa shape index (κ3) is 3.98. The Labute approximate surface area is 114 Å². The van der Waals surface area contributed by atoms with Crippen molar-refractivity contribution in [3.05, 3.63) is 35.4 Å². The van der Waals surface area contributed by atoms with Gasteiger partial charge in [-0.25, -0.2) is 8.78 Å². The summed E-state index contributed by atoms with van der Waals surface area (Å²) in [7, 11) is 1.78. The Balaban J connectivity index is 2.91. The van der Waals surface area contributed by atoms with E-state index in [0.717, 1.165) is 19.0 Å². The predicted molar refractivity (Wildman–Crippen MR) is 75.2 cm³/mol. The number of halogens is 2. The summed E-state index contributed by atoms with van der Waals surface area (Å²) in [6.07, 6.45) is 1.04. The van der Waals surface area contributed by atoms with E-state index in [1.165, 1.54) is 0 Å². The van der Waals surface area contributed by atoms with E-state index in [0.29, 0.717) is 18.2 Å². The monoisotopic (exact) mass is 270 g/mol. The van der Waals surface area contributed by atoms with Gasteiger partial charge in [0.15, 0.2) is 11.6 Å². The van der Waals surface area contributed by atoms with Crippen LogP contribution in [0.1, 0.15) is 38.8 Å². The van der Waals surface area contributed by atoms with Crippen LogP contribution in [-0.2, 0) is 0 Å². The largest absolute Gasteiger partial charge is 0.312 e. The van der Waals surface area contributed by atoms with E-state index in [-0.39, 0.29) is 6.04 Å². The minimum Gasteiger partial charge on any atom is -0.312 e. The van der Waals surface area contributed by atoms with Crippen LogP contribution in [0.5, 0.6) is 0 Å². The second-order valence-corrected chi connectivity index (χ2v) is 4.83. The van der Waals surface area contributed by atoms with E-state index in [2.05, 4.69) is 31.0 Å². The maximum atomic E-state index is 13.8. The van der Waals surface area contributed by atoms with Gasteiger partial charge in [-0.3, -0.25) is 4.90 Å². The Morgan fingerprint density at radius 3 is 2.47 bits per heavy atom. The van der Waals surface area contributed by atoms with Crippen molar-refractivity contribution >= 4 is 0 Å². The number of nitrogens with one attached hydrogen (secondary N) is 1. The third-order valence-electron chi connectivity index (χ3n) is 3.74. The minimum absolute atomic E-state index is 0.204. The van der Waals surface area contributed by atoms with Gasteiger partial charge in [0.25, 0.3) is 0 Å². The van der Waals surface area contributed by atoms with E-state index in [1.807, 2.05) is 0 Å². The number of rotatable bonds is 7. The molecule has 2 atom stereocenters. The van der Waals surface area contributed by atoms with Crippen molar-refractivity contribution in [3.8, 4) is 0 Å². The van der Waals surface area contributed by atoms with E-state index in [4.69, 9.17) is 0 Å². The lowest BCUT2D eigenvalue weighted by Gasteiger charge is -2.31. The van der Waals surface area contributed by atoms with Crippen molar-refractivity contribution in [1.29, 1.82) is 0 Å². The molecule has 4 heteroatoms. The van der Waals surface area contributed by atoms with Gasteiger partial charge in [0.1, 0.15) is 0 Å². The van der Waals surface area contributed by atoms with Gasteiger partial charge < -0.3 is 5.32 Å². The van der Waals surface area contributed by atoms with Crippen LogP contribution in [0.15, 0.2) is 18.2 Å². The molecule has 1 rings (SSSR count). The lowest BCUT2D eigenvalue weighted by molar-refractivity contribution is 0.192. The molecule has 0 amide bonds. The molecule has 1 aromatic rings. The van der Waals surface area contributed by atoms with Crippen LogP contribution in [0.3, 0.4) is 0 Å². The molecule has 0 aliphatic carbocycles. The Morgan fingerprint density at radius 2 is 1.95 bits per heavy atom. The van der Waals surface area contributed by atoms with Gasteiger partial charge in [-0.2, -0.15) is 0 Å². The standard InChI is InChI=1S/C15H24F2N2/c1-5-11(3)19(6-2)10-14(18-4)12-8-7-9-13(16)15(12)17/h7-9,11,14,18H,5-6,10H2,1-4H3. The Kier molecular flexibility index (Phi) is 6.38. The van der Waals surface area contributed by atoms with Crippen molar-refractivity contribution in [1.82, 2.24) is 10.2 Å². The second-order valence-electron chi connectivity index (χ2n) is 4.83. The zero-order valence-corrected chi connectivity index (χ0v) is 12.2. The van der Waals surface area contributed by atoms with Crippen LogP contribution in [0.25, 0.3) is 0 Å². The zero-order chi connectivity index (χ0) is 14.4. The summed E-state index contributed by atoms with van der Waals surface area (Å²) in [5.74, 6) is -1.54. The van der Waals surface area contributed by atoms with Gasteiger partial charge in [-0.15, -0.1) is 0 Å². The first kappa shape index (κ1) is 16.1. The van der Waals surface area contributed by atoms with Gasteiger partial charge in [0.2, 0.25) is 0 Å². The van der Waals surface area contributed by atoms with Crippen LogP contribution in [0, 0.1) is 11.6 Å². The number of benzene rings is 1. The fourth-order valence-electron chi connectivity index (χ4n) is 2.25. The highest BCUT2D eigenvalue weighted by molar-refractivity contribution is 5.23. The lowest BCUT2D eigenvalue weighted by Crippen LogP contribution is -2.39. The molecule has 0 saturated carbocycles. The molecule has 0 bridgehead atoms. The molecule has 0 aliphatic rings. The van der Waals surface area contributed by atoms with Gasteiger partial charge >= 0.3 is 0 Å². The Hall–Kier alpha value is -1.00. The normalized spacial score (nSPS) is 14.7. The first-order chi connectivity index (χ1) is 9.04. The lowest BCUT2D eigenvalue weighted by atomic mass is 10.0. The van der Waals surface area contributed by atoms with E-state index >= 15 is 0 Å². The molecule has 1 aromatic carbocycles. The Bertz CT molecular complexity index is 396. The predicted octanol–water partition coefficient (Wildman–Crippen LogP) is 3.35. The van der Waals surface area contributed by atoms with Crippen LogP contribution >= 0.6 is 0 Å². The quantitative estimate of drug-likeness (QED) is 0.817. The summed E-state index contributed by atoms with van der Waals surface area (Å²) in [4.78, 5) is 2.27. The maximum Gasteiger partial charge on any atom is 0.163 e. The molecule has 0 aliphatic heterocycles. The molecule has 0 fully saturated rings. The molecule has 2 nitrogen and oxygen atoms in total. The van der Waals surface area contributed by atoms with E-state index < -0.39 is 11.6 Å². The smallest absolute Gasteiger partial charge is 0.163 e. The highest BCUT2D eigenvalue weighted by atomic mass is 19.2. The molecule has 0 spiro atoms. The zero-order valence-electron chi connectivity index (χ0n) is 12.2. The summed E-state index contributed by atoms with van der Waals surface area (Å²) in [5, 5.41) is 3.08. The first-order valence-electron chi connectivity index (χ1n) is 6.90. The number of hydrogen-bond acceptors (Lipinski definition) is 2. The molecule has 1 N–H and O–H groups in total. The number of hydrogen-bond donors (Lipinski definition) is 1. The molecule has 2 unspecified atom stereocenters. The number of likely N-dealkylation sites (N-methyl/N-ethyl adjacent to an activating group) is 2. The molecule has 0 aromatic heterocycles. The summed E-state index contributed by atoms with van der Waals surface area (Å²) < 4.78 is 27.1. The molecule has 19 heavy (non-hydrogen) atoms.